The molecule has 136 valence electrons. The SMILES string of the molecule is CCOC(=O)[C@H](O)[C@H](CC1CCCCC1)NS(=O)(=O)C(F)(F)F. The first-order valence-electron chi connectivity index (χ1n) is 7.51. The van der Waals surface area contributed by atoms with Crippen molar-refractivity contribution in [2.75, 3.05) is 6.61 Å². The third-order valence-corrected chi connectivity index (χ3v) is 5.05. The lowest BCUT2D eigenvalue weighted by atomic mass is 9.84. The lowest BCUT2D eigenvalue weighted by Gasteiger charge is -2.29. The van der Waals surface area contributed by atoms with E-state index in [1.807, 2.05) is 0 Å². The number of alkyl halides is 3. The summed E-state index contributed by atoms with van der Waals surface area (Å²) in [6, 6.07) is -1.57. The Labute approximate surface area is 133 Å². The highest BCUT2D eigenvalue weighted by Gasteiger charge is 2.48. The van der Waals surface area contributed by atoms with Gasteiger partial charge in [0.15, 0.2) is 6.10 Å². The molecule has 0 saturated heterocycles. The van der Waals surface area contributed by atoms with Gasteiger partial charge in [-0.05, 0) is 19.3 Å². The molecule has 2 atom stereocenters. The van der Waals surface area contributed by atoms with Gasteiger partial charge in [-0.15, -0.1) is 0 Å². The molecule has 0 bridgehead atoms. The third-order valence-electron chi connectivity index (χ3n) is 3.83. The van der Waals surface area contributed by atoms with Crippen LogP contribution in [0.25, 0.3) is 0 Å². The highest BCUT2D eigenvalue weighted by atomic mass is 32.2. The maximum absolute atomic E-state index is 12.5. The summed E-state index contributed by atoms with van der Waals surface area (Å²) in [6.07, 6.45) is 2.21. The van der Waals surface area contributed by atoms with Crippen molar-refractivity contribution < 1.29 is 36.2 Å². The first-order chi connectivity index (χ1) is 10.6. The van der Waals surface area contributed by atoms with Crippen molar-refractivity contribution in [2.45, 2.75) is 63.1 Å². The Morgan fingerprint density at radius 2 is 1.87 bits per heavy atom. The van der Waals surface area contributed by atoms with Gasteiger partial charge in [0.05, 0.1) is 12.6 Å². The summed E-state index contributed by atoms with van der Waals surface area (Å²) in [7, 11) is -5.66. The quantitative estimate of drug-likeness (QED) is 0.673. The van der Waals surface area contributed by atoms with Gasteiger partial charge in [-0.2, -0.15) is 13.2 Å². The molecule has 0 aliphatic heterocycles. The van der Waals surface area contributed by atoms with Crippen LogP contribution in [0.2, 0.25) is 0 Å². The van der Waals surface area contributed by atoms with E-state index in [0.717, 1.165) is 32.1 Å². The molecule has 1 aliphatic rings. The van der Waals surface area contributed by atoms with Crippen LogP contribution in [-0.4, -0.2) is 43.8 Å². The molecule has 0 aromatic heterocycles. The molecule has 1 fully saturated rings. The largest absolute Gasteiger partial charge is 0.511 e. The number of ether oxygens (including phenoxy) is 1. The first-order valence-corrected chi connectivity index (χ1v) is 9.00. The third kappa shape index (κ3) is 5.92. The van der Waals surface area contributed by atoms with Gasteiger partial charge in [0.2, 0.25) is 0 Å². The molecule has 2 N–H and O–H groups in total. The minimum absolute atomic E-state index is 0.0463. The molecule has 23 heavy (non-hydrogen) atoms. The Morgan fingerprint density at radius 1 is 1.30 bits per heavy atom. The van der Waals surface area contributed by atoms with E-state index in [1.165, 1.54) is 11.6 Å². The number of aliphatic hydroxyl groups is 1. The molecule has 10 heteroatoms. The van der Waals surface area contributed by atoms with Crippen LogP contribution in [0, 0.1) is 5.92 Å². The fourth-order valence-corrected chi connectivity index (χ4v) is 3.44. The molecule has 0 amide bonds. The average Bonchev–Trinajstić information content (AvgIpc) is 2.45. The zero-order valence-corrected chi connectivity index (χ0v) is 13.6. The van der Waals surface area contributed by atoms with E-state index in [1.54, 1.807) is 0 Å². The number of rotatable bonds is 7. The number of sulfonamides is 1. The number of esters is 1. The Kier molecular flexibility index (Phi) is 7.28. The van der Waals surface area contributed by atoms with Crippen molar-refractivity contribution in [3.8, 4) is 0 Å². The van der Waals surface area contributed by atoms with Gasteiger partial charge in [-0.1, -0.05) is 32.1 Å². The van der Waals surface area contributed by atoms with E-state index in [4.69, 9.17) is 0 Å². The van der Waals surface area contributed by atoms with Crippen molar-refractivity contribution in [3.05, 3.63) is 0 Å². The number of carbonyl (C=O) groups excluding carboxylic acids is 1. The van der Waals surface area contributed by atoms with Gasteiger partial charge in [0.25, 0.3) is 0 Å². The molecule has 0 spiro atoms. The topological polar surface area (TPSA) is 92.7 Å². The molecule has 0 radical (unpaired) electrons. The number of hydrogen-bond donors (Lipinski definition) is 2. The normalized spacial score (nSPS) is 20.0. The second-order valence-electron chi connectivity index (χ2n) is 5.61. The van der Waals surface area contributed by atoms with Crippen molar-refractivity contribution in [1.82, 2.24) is 4.72 Å². The second kappa shape index (κ2) is 8.29. The van der Waals surface area contributed by atoms with Crippen molar-refractivity contribution in [2.24, 2.45) is 5.92 Å². The molecule has 0 aromatic rings. The molecule has 1 aliphatic carbocycles. The molecular weight excluding hydrogens is 339 g/mol. The minimum Gasteiger partial charge on any atom is -0.464 e. The summed E-state index contributed by atoms with van der Waals surface area (Å²) in [5.74, 6) is -1.19. The average molecular weight is 361 g/mol. The molecule has 6 nitrogen and oxygen atoms in total. The van der Waals surface area contributed by atoms with E-state index in [0.29, 0.717) is 0 Å². The summed E-state index contributed by atoms with van der Waals surface area (Å²) in [6.45, 7) is 1.40. The van der Waals surface area contributed by atoms with Gasteiger partial charge >= 0.3 is 21.5 Å². The molecule has 1 rings (SSSR count). The first kappa shape index (κ1) is 20.2. The Bertz CT molecular complexity index is 488. The van der Waals surface area contributed by atoms with E-state index >= 15 is 0 Å². The van der Waals surface area contributed by atoms with Crippen LogP contribution in [0.15, 0.2) is 0 Å². The standard InChI is InChI=1S/C13H22F3NO5S/c1-2-22-12(19)11(18)10(8-9-6-4-3-5-7-9)17-23(20,21)13(14,15)16/h9-11,17-18H,2-8H2,1H3/t10-,11+/m0/s1. The van der Waals surface area contributed by atoms with Crippen LogP contribution < -0.4 is 4.72 Å². The number of halogens is 3. The van der Waals surface area contributed by atoms with Crippen LogP contribution in [0.1, 0.15) is 45.4 Å². The van der Waals surface area contributed by atoms with E-state index in [2.05, 4.69) is 4.74 Å². The second-order valence-corrected chi connectivity index (χ2v) is 7.32. The maximum Gasteiger partial charge on any atom is 0.511 e. The monoisotopic (exact) mass is 361 g/mol. The Hall–Kier alpha value is -0.870. The van der Waals surface area contributed by atoms with Crippen molar-refractivity contribution in [3.63, 3.8) is 0 Å². The summed E-state index contributed by atoms with van der Waals surface area (Å²) >= 11 is 0. The smallest absolute Gasteiger partial charge is 0.464 e. The zero-order chi connectivity index (χ0) is 17.7. The molecule has 0 aromatic carbocycles. The van der Waals surface area contributed by atoms with Gasteiger partial charge in [-0.25, -0.2) is 17.9 Å². The fraction of sp³-hybridized carbons (Fsp3) is 0.923. The van der Waals surface area contributed by atoms with Crippen molar-refractivity contribution in [1.29, 1.82) is 0 Å². The van der Waals surface area contributed by atoms with Crippen LogP contribution in [0.4, 0.5) is 13.2 Å². The van der Waals surface area contributed by atoms with Crippen LogP contribution >= 0.6 is 0 Å². The summed E-state index contributed by atoms with van der Waals surface area (Å²) in [4.78, 5) is 11.6. The van der Waals surface area contributed by atoms with Crippen molar-refractivity contribution >= 4 is 16.0 Å². The van der Waals surface area contributed by atoms with E-state index in [-0.39, 0.29) is 18.9 Å². The lowest BCUT2D eigenvalue weighted by molar-refractivity contribution is -0.154. The maximum atomic E-state index is 12.5. The van der Waals surface area contributed by atoms with Gasteiger partial charge in [0, 0.05) is 0 Å². The molecule has 1 saturated carbocycles. The summed E-state index contributed by atoms with van der Waals surface area (Å²) in [5, 5.41) is 9.90. The number of nitrogens with one attached hydrogen (secondary N) is 1. The van der Waals surface area contributed by atoms with E-state index < -0.39 is 33.6 Å². The van der Waals surface area contributed by atoms with Gasteiger partial charge < -0.3 is 9.84 Å². The zero-order valence-electron chi connectivity index (χ0n) is 12.8. The molecule has 0 heterocycles. The number of aliphatic hydroxyl groups excluding tert-OH is 1. The van der Waals surface area contributed by atoms with Crippen LogP contribution in [0.5, 0.6) is 0 Å². The Morgan fingerprint density at radius 3 is 2.35 bits per heavy atom. The fourth-order valence-electron chi connectivity index (χ4n) is 2.68. The highest BCUT2D eigenvalue weighted by molar-refractivity contribution is 7.90. The van der Waals surface area contributed by atoms with Gasteiger partial charge in [-0.3, -0.25) is 0 Å². The van der Waals surface area contributed by atoms with Gasteiger partial charge in [0.1, 0.15) is 0 Å². The van der Waals surface area contributed by atoms with E-state index in [9.17, 15) is 31.5 Å². The predicted octanol–water partition coefficient (Wildman–Crippen LogP) is 1.69. The summed E-state index contributed by atoms with van der Waals surface area (Å²) in [5.41, 5.74) is -5.51. The number of carbonyl (C=O) groups is 1. The number of hydrogen-bond acceptors (Lipinski definition) is 5. The molecular formula is C13H22F3NO5S. The predicted molar refractivity (Wildman–Crippen MR) is 75.7 cm³/mol. The lowest BCUT2D eigenvalue weighted by Crippen LogP contribution is -2.51. The van der Waals surface area contributed by atoms with Crippen LogP contribution in [0.3, 0.4) is 0 Å². The summed E-state index contributed by atoms with van der Waals surface area (Å²) < 4.78 is 66.2. The molecule has 0 unspecified atom stereocenters. The highest BCUT2D eigenvalue weighted by Crippen LogP contribution is 2.29. The Balaban J connectivity index is 2.89. The van der Waals surface area contributed by atoms with Crippen LogP contribution in [-0.2, 0) is 19.6 Å². The minimum atomic E-state index is -5.66.